The van der Waals surface area contributed by atoms with Crippen molar-refractivity contribution in [2.75, 3.05) is 16.6 Å². The molecule has 190 valence electrons. The van der Waals surface area contributed by atoms with E-state index < -0.39 is 10.0 Å². The summed E-state index contributed by atoms with van der Waals surface area (Å²) < 4.78 is 34.6. The summed E-state index contributed by atoms with van der Waals surface area (Å²) in [4.78, 5) is 21.3. The van der Waals surface area contributed by atoms with Crippen LogP contribution in [-0.4, -0.2) is 30.9 Å². The molecule has 10 heteroatoms. The molecule has 0 atom stereocenters. The summed E-state index contributed by atoms with van der Waals surface area (Å²) in [7, 11) is -3.90. The van der Waals surface area contributed by atoms with Crippen LogP contribution in [0.1, 0.15) is 27.3 Å². The van der Waals surface area contributed by atoms with Gasteiger partial charge < -0.3 is 10.1 Å². The standard InChI is InChI=1S/C27H25BrN4O4S/c1-18-16-19(2)30-27(29-18)32-37(34,35)23-11-9-22(10-12-23)31-26(33)24-17-21(28)8-13-25(24)36-15-14-20-6-4-3-5-7-20/h3-13,16-17H,14-15H2,1-2H3,(H,31,33)(H,29,30,32). The third kappa shape index (κ3) is 7.14. The Morgan fingerprint density at radius 1 is 0.919 bits per heavy atom. The molecule has 4 aromatic rings. The van der Waals surface area contributed by atoms with Crippen molar-refractivity contribution in [1.29, 1.82) is 0 Å². The van der Waals surface area contributed by atoms with Crippen molar-refractivity contribution in [1.82, 2.24) is 9.97 Å². The van der Waals surface area contributed by atoms with E-state index in [0.29, 0.717) is 41.4 Å². The Morgan fingerprint density at radius 3 is 2.27 bits per heavy atom. The summed E-state index contributed by atoms with van der Waals surface area (Å²) in [6, 6.07) is 22.7. The van der Waals surface area contributed by atoms with E-state index in [1.54, 1.807) is 38.1 Å². The number of ether oxygens (including phenoxy) is 1. The third-order valence-electron chi connectivity index (χ3n) is 5.31. The van der Waals surface area contributed by atoms with Crippen LogP contribution in [0.25, 0.3) is 0 Å². The van der Waals surface area contributed by atoms with Crippen molar-refractivity contribution in [2.45, 2.75) is 25.2 Å². The maximum atomic E-state index is 13.0. The fourth-order valence-electron chi connectivity index (χ4n) is 3.60. The van der Waals surface area contributed by atoms with Crippen molar-refractivity contribution in [2.24, 2.45) is 0 Å². The number of nitrogens with zero attached hydrogens (tertiary/aromatic N) is 2. The molecule has 0 saturated heterocycles. The second kappa shape index (κ2) is 11.5. The van der Waals surface area contributed by atoms with Gasteiger partial charge in [-0.05, 0) is 67.9 Å². The van der Waals surface area contributed by atoms with Crippen LogP contribution in [0, 0.1) is 13.8 Å². The van der Waals surface area contributed by atoms with Crippen LogP contribution in [-0.2, 0) is 16.4 Å². The van der Waals surface area contributed by atoms with Gasteiger partial charge >= 0.3 is 0 Å². The van der Waals surface area contributed by atoms with E-state index in [4.69, 9.17) is 4.74 Å². The molecule has 4 rings (SSSR count). The molecule has 8 nitrogen and oxygen atoms in total. The predicted octanol–water partition coefficient (Wildman–Crippen LogP) is 5.53. The van der Waals surface area contributed by atoms with E-state index in [1.165, 1.54) is 24.3 Å². The fourth-order valence-corrected chi connectivity index (χ4v) is 4.90. The molecule has 0 bridgehead atoms. The lowest BCUT2D eigenvalue weighted by Gasteiger charge is -2.13. The Balaban J connectivity index is 1.44. The Labute approximate surface area is 224 Å². The molecular formula is C27H25BrN4O4S. The van der Waals surface area contributed by atoms with Crippen LogP contribution in [0.5, 0.6) is 5.75 Å². The van der Waals surface area contributed by atoms with Gasteiger partial charge in [0, 0.05) is 28.0 Å². The Morgan fingerprint density at radius 2 is 1.59 bits per heavy atom. The number of hydrogen-bond donors (Lipinski definition) is 2. The Hall–Kier alpha value is -3.76. The number of benzene rings is 3. The van der Waals surface area contributed by atoms with Gasteiger partial charge in [0.1, 0.15) is 5.75 Å². The maximum Gasteiger partial charge on any atom is 0.264 e. The Kier molecular flexibility index (Phi) is 8.20. The van der Waals surface area contributed by atoms with E-state index in [0.717, 1.165) is 10.0 Å². The smallest absolute Gasteiger partial charge is 0.264 e. The first-order valence-electron chi connectivity index (χ1n) is 11.4. The van der Waals surface area contributed by atoms with Crippen molar-refractivity contribution in [3.8, 4) is 5.75 Å². The molecule has 0 spiro atoms. The van der Waals surface area contributed by atoms with Gasteiger partial charge in [0.15, 0.2) is 0 Å². The predicted molar refractivity (Wildman–Crippen MR) is 146 cm³/mol. The van der Waals surface area contributed by atoms with E-state index in [-0.39, 0.29) is 16.8 Å². The van der Waals surface area contributed by atoms with Crippen LogP contribution >= 0.6 is 15.9 Å². The van der Waals surface area contributed by atoms with Crippen molar-refractivity contribution in [3.63, 3.8) is 0 Å². The van der Waals surface area contributed by atoms with Crippen LogP contribution in [0.3, 0.4) is 0 Å². The fraction of sp³-hybridized carbons (Fsp3) is 0.148. The van der Waals surface area contributed by atoms with Gasteiger partial charge in [-0.15, -0.1) is 0 Å². The number of amides is 1. The van der Waals surface area contributed by atoms with E-state index >= 15 is 0 Å². The first kappa shape index (κ1) is 26.3. The van der Waals surface area contributed by atoms with Crippen LogP contribution in [0.2, 0.25) is 0 Å². The van der Waals surface area contributed by atoms with Gasteiger partial charge in [0.25, 0.3) is 15.9 Å². The van der Waals surface area contributed by atoms with Gasteiger partial charge in [0.05, 0.1) is 17.1 Å². The van der Waals surface area contributed by atoms with Crippen molar-refractivity contribution < 1.29 is 17.9 Å². The molecule has 0 saturated carbocycles. The second-order valence-electron chi connectivity index (χ2n) is 8.28. The normalized spacial score (nSPS) is 11.1. The molecule has 1 heterocycles. The number of aryl methyl sites for hydroxylation is 2. The SMILES string of the molecule is Cc1cc(C)nc(NS(=O)(=O)c2ccc(NC(=O)c3cc(Br)ccc3OCCc3ccccc3)cc2)n1. The van der Waals surface area contributed by atoms with Crippen molar-refractivity contribution in [3.05, 3.63) is 106 Å². The zero-order valence-corrected chi connectivity index (χ0v) is 22.6. The molecule has 2 N–H and O–H groups in total. The second-order valence-corrected chi connectivity index (χ2v) is 10.9. The van der Waals surface area contributed by atoms with Gasteiger partial charge in [-0.3, -0.25) is 4.79 Å². The molecular weight excluding hydrogens is 556 g/mol. The molecule has 0 aliphatic carbocycles. The summed E-state index contributed by atoms with van der Waals surface area (Å²) in [6.45, 7) is 3.93. The summed E-state index contributed by atoms with van der Waals surface area (Å²) in [5, 5.41) is 2.80. The quantitative estimate of drug-likeness (QED) is 0.269. The van der Waals surface area contributed by atoms with E-state index in [9.17, 15) is 13.2 Å². The highest BCUT2D eigenvalue weighted by atomic mass is 79.9. The van der Waals surface area contributed by atoms with Crippen LogP contribution in [0.4, 0.5) is 11.6 Å². The first-order valence-corrected chi connectivity index (χ1v) is 13.7. The van der Waals surface area contributed by atoms with Gasteiger partial charge in [-0.2, -0.15) is 0 Å². The lowest BCUT2D eigenvalue weighted by Crippen LogP contribution is -2.16. The molecule has 0 unspecified atom stereocenters. The minimum atomic E-state index is -3.90. The van der Waals surface area contributed by atoms with Gasteiger partial charge in [0.2, 0.25) is 5.95 Å². The number of carbonyl (C=O) groups is 1. The lowest BCUT2D eigenvalue weighted by atomic mass is 10.1. The highest BCUT2D eigenvalue weighted by molar-refractivity contribution is 9.10. The average molecular weight is 581 g/mol. The van der Waals surface area contributed by atoms with E-state index in [2.05, 4.69) is 35.9 Å². The number of nitrogens with one attached hydrogen (secondary N) is 2. The number of halogens is 1. The molecule has 1 aromatic heterocycles. The minimum absolute atomic E-state index is 0.00401. The van der Waals surface area contributed by atoms with Gasteiger partial charge in [-0.25, -0.2) is 23.1 Å². The number of aromatic nitrogens is 2. The lowest BCUT2D eigenvalue weighted by molar-refractivity contribution is 0.102. The highest BCUT2D eigenvalue weighted by Gasteiger charge is 2.18. The van der Waals surface area contributed by atoms with Crippen LogP contribution < -0.4 is 14.8 Å². The minimum Gasteiger partial charge on any atom is -0.492 e. The molecule has 0 fully saturated rings. The number of sulfonamides is 1. The topological polar surface area (TPSA) is 110 Å². The molecule has 0 radical (unpaired) electrons. The van der Waals surface area contributed by atoms with Crippen molar-refractivity contribution >= 4 is 43.5 Å². The third-order valence-corrected chi connectivity index (χ3v) is 7.15. The summed E-state index contributed by atoms with van der Waals surface area (Å²) in [6.07, 6.45) is 0.703. The largest absolute Gasteiger partial charge is 0.492 e. The number of carbonyl (C=O) groups excluding carboxylic acids is 1. The van der Waals surface area contributed by atoms with Crippen LogP contribution in [0.15, 0.2) is 88.2 Å². The first-order chi connectivity index (χ1) is 17.7. The zero-order chi connectivity index (χ0) is 26.4. The summed E-state index contributed by atoms with van der Waals surface area (Å²) in [5.74, 6) is 0.0752. The highest BCUT2D eigenvalue weighted by Crippen LogP contribution is 2.25. The Bertz CT molecular complexity index is 1490. The molecule has 37 heavy (non-hydrogen) atoms. The molecule has 0 aliphatic rings. The number of rotatable bonds is 9. The van der Waals surface area contributed by atoms with E-state index in [1.807, 2.05) is 30.3 Å². The van der Waals surface area contributed by atoms with Gasteiger partial charge in [-0.1, -0.05) is 46.3 Å². The monoisotopic (exact) mass is 580 g/mol. The average Bonchev–Trinajstić information content (AvgIpc) is 2.85. The number of anilines is 2. The summed E-state index contributed by atoms with van der Waals surface area (Å²) >= 11 is 3.40. The zero-order valence-electron chi connectivity index (χ0n) is 20.2. The summed E-state index contributed by atoms with van der Waals surface area (Å²) in [5.41, 5.74) is 3.23. The molecule has 1 amide bonds. The molecule has 3 aromatic carbocycles. The molecule has 0 aliphatic heterocycles. The maximum absolute atomic E-state index is 13.0. The number of hydrogen-bond acceptors (Lipinski definition) is 6.